The van der Waals surface area contributed by atoms with Crippen LogP contribution in [0.4, 0.5) is 0 Å². The van der Waals surface area contributed by atoms with Crippen LogP contribution < -0.4 is 0 Å². The van der Waals surface area contributed by atoms with Gasteiger partial charge in [-0.2, -0.15) is 0 Å². The average molecular weight is 208 g/mol. The van der Waals surface area contributed by atoms with Gasteiger partial charge in [0.2, 0.25) is 0 Å². The smallest absolute Gasteiger partial charge is 0.0329 e. The van der Waals surface area contributed by atoms with Crippen molar-refractivity contribution in [3.63, 3.8) is 0 Å². The Balaban J connectivity index is 3.14. The molecule has 6 atom stereocenters. The first-order valence-electron chi connectivity index (χ1n) is 1.68. The maximum absolute atomic E-state index is 2.91. The van der Waals surface area contributed by atoms with Gasteiger partial charge >= 0.3 is 0 Å². The molecule has 0 spiro atoms. The van der Waals surface area contributed by atoms with Gasteiger partial charge in [0.15, 0.2) is 0 Å². The van der Waals surface area contributed by atoms with Crippen LogP contribution in [-0.2, 0) is 0 Å². The molecular weight excluding hydrogens is 198 g/mol. The second-order valence-electron chi connectivity index (χ2n) is 1.05. The fraction of sp³-hybridized carbons (Fsp3) is 1.00. The monoisotopic (exact) mass is 208 g/mol. The fourth-order valence-corrected chi connectivity index (χ4v) is 12.8. The van der Waals surface area contributed by atoms with Crippen molar-refractivity contribution in [2.75, 3.05) is 6.66 Å². The highest BCUT2D eigenvalue weighted by Crippen LogP contribution is 2.87. The van der Waals surface area contributed by atoms with Crippen molar-refractivity contribution in [3.8, 4) is 0 Å². The van der Waals surface area contributed by atoms with E-state index in [1.54, 1.807) is 0 Å². The van der Waals surface area contributed by atoms with Crippen molar-refractivity contribution in [2.45, 2.75) is 0 Å². The maximum Gasteiger partial charge on any atom is -0.0329 e. The molecule has 0 aliphatic carbocycles. The van der Waals surface area contributed by atoms with Crippen molar-refractivity contribution < 1.29 is 0 Å². The molecule has 0 aromatic heterocycles. The lowest BCUT2D eigenvalue weighted by molar-refractivity contribution is 2.50. The Hall–Kier alpha value is 2.58. The maximum atomic E-state index is 2.91. The molecule has 0 N–H and O–H groups in total. The number of rotatable bonds is 2. The molecule has 0 nitrogen and oxygen atoms in total. The second-order valence-corrected chi connectivity index (χ2v) is 20.0. The molecule has 0 radical (unpaired) electrons. The van der Waals surface area contributed by atoms with Gasteiger partial charge in [-0.05, 0) is 13.7 Å². The van der Waals surface area contributed by atoms with Crippen LogP contribution in [0.5, 0.6) is 0 Å². The SMILES string of the molecule is CP(P)P(P)PP. The summed E-state index contributed by atoms with van der Waals surface area (Å²) in [5, 5.41) is 0. The summed E-state index contributed by atoms with van der Waals surface area (Å²) in [6.07, 6.45) is 0. The van der Waals surface area contributed by atoms with E-state index in [0.29, 0.717) is 6.99 Å². The largest absolute Gasteiger partial charge is 0.109 e. The fourth-order valence-electron chi connectivity index (χ4n) is 0.0911. The van der Waals surface area contributed by atoms with Crippen LogP contribution in [0.15, 0.2) is 0 Å². The van der Waals surface area contributed by atoms with Crippen LogP contribution in [-0.4, -0.2) is 6.66 Å². The Kier molecular flexibility index (Phi) is 7.35. The lowest BCUT2D eigenvalue weighted by Gasteiger charge is -2.11. The third kappa shape index (κ3) is 5.05. The topological polar surface area (TPSA) is 0 Å². The van der Waals surface area contributed by atoms with Crippen LogP contribution in [0.2, 0.25) is 0 Å². The van der Waals surface area contributed by atoms with Crippen molar-refractivity contribution in [2.24, 2.45) is 0 Å². The van der Waals surface area contributed by atoms with Gasteiger partial charge in [-0.3, -0.25) is 0 Å². The lowest BCUT2D eigenvalue weighted by atomic mass is 12.0. The Labute approximate surface area is 56.1 Å². The third-order valence-electron chi connectivity index (χ3n) is 0.472. The van der Waals surface area contributed by atoms with Gasteiger partial charge in [0, 0.05) is 0 Å². The predicted octanol–water partition coefficient (Wildman–Crippen LogP) is 3.46. The first-order valence-corrected chi connectivity index (χ1v) is 12.4. The summed E-state index contributed by atoms with van der Waals surface area (Å²) in [7, 11) is 9.94. The van der Waals surface area contributed by atoms with Gasteiger partial charge in [-0.25, -0.2) is 0 Å². The van der Waals surface area contributed by atoms with Crippen molar-refractivity contribution in [1.29, 1.82) is 0 Å². The van der Waals surface area contributed by atoms with E-state index < -0.39 is 0 Å². The Morgan fingerprint density at radius 2 is 1.86 bits per heavy atom. The highest BCUT2D eigenvalue weighted by atomic mass is 32.9. The summed E-state index contributed by atoms with van der Waals surface area (Å²) < 4.78 is 0. The molecule has 0 aromatic rings. The molecule has 0 saturated heterocycles. The summed E-state index contributed by atoms with van der Waals surface area (Å²) in [5.74, 6) is 0. The van der Waals surface area contributed by atoms with Crippen LogP contribution in [0.3, 0.4) is 0 Å². The van der Waals surface area contributed by atoms with Gasteiger partial charge in [0.1, 0.15) is 0 Å². The molecule has 0 bridgehead atoms. The van der Waals surface area contributed by atoms with Crippen LogP contribution in [0, 0.1) is 0 Å². The van der Waals surface area contributed by atoms with E-state index in [1.807, 2.05) is 0 Å². The van der Waals surface area contributed by atoms with Gasteiger partial charge < -0.3 is 0 Å². The molecule has 0 aliphatic rings. The standard InChI is InChI=1S/CH10P6/c1-6(3)7(4)5-2/h5H,2-4H2,1H3. The van der Waals surface area contributed by atoms with Crippen LogP contribution in [0.25, 0.3) is 0 Å². The van der Waals surface area contributed by atoms with Crippen LogP contribution in [0.1, 0.15) is 0 Å². The Bertz CT molecular complexity index is 41.4. The first-order chi connectivity index (χ1) is 3.18. The Morgan fingerprint density at radius 3 is 1.86 bits per heavy atom. The van der Waals surface area contributed by atoms with E-state index in [9.17, 15) is 0 Å². The quantitative estimate of drug-likeness (QED) is 0.609. The predicted molar refractivity (Wildman–Crippen MR) is 57.2 cm³/mol. The molecule has 0 heterocycles. The molecule has 0 aliphatic heterocycles. The summed E-state index contributed by atoms with van der Waals surface area (Å²) >= 11 is 0. The minimum Gasteiger partial charge on any atom is -0.109 e. The molecule has 44 valence electrons. The van der Waals surface area contributed by atoms with E-state index >= 15 is 0 Å². The average Bonchev–Trinajstić information content (AvgIpc) is 1.65. The zero-order valence-electron chi connectivity index (χ0n) is 4.13. The molecule has 6 heteroatoms. The zero-order chi connectivity index (χ0) is 5.86. The molecule has 6 unspecified atom stereocenters. The normalized spacial score (nSPS) is 20.6. The van der Waals surface area contributed by atoms with E-state index in [4.69, 9.17) is 0 Å². The summed E-state index contributed by atoms with van der Waals surface area (Å²) in [4.78, 5) is 0. The Morgan fingerprint density at radius 1 is 1.43 bits per heavy atom. The molecular formula is CH10P6. The van der Waals surface area contributed by atoms with Gasteiger partial charge in [-0.15, -0.1) is 26.8 Å². The first kappa shape index (κ1) is 9.58. The van der Waals surface area contributed by atoms with Crippen molar-refractivity contribution >= 4 is 49.0 Å². The molecule has 0 aromatic carbocycles. The summed E-state index contributed by atoms with van der Waals surface area (Å²) in [5.41, 5.74) is 0. The van der Waals surface area contributed by atoms with E-state index in [2.05, 4.69) is 33.5 Å². The third-order valence-corrected chi connectivity index (χ3v) is 26.6. The number of hydrogen-bond donors (Lipinski definition) is 0. The van der Waals surface area contributed by atoms with Crippen LogP contribution >= 0.6 is 49.0 Å². The van der Waals surface area contributed by atoms with Crippen molar-refractivity contribution in [3.05, 3.63) is 0 Å². The molecule has 7 heavy (non-hydrogen) atoms. The molecule has 0 rings (SSSR count). The van der Waals surface area contributed by atoms with E-state index in [-0.39, 0.29) is 7.30 Å². The van der Waals surface area contributed by atoms with E-state index in [1.165, 1.54) is 0 Å². The van der Waals surface area contributed by atoms with Gasteiger partial charge in [0.05, 0.1) is 0 Å². The molecule has 0 saturated carbocycles. The zero-order valence-corrected chi connectivity index (χ0v) is 10.4. The minimum absolute atomic E-state index is 0.274. The molecule has 0 amide bonds. The van der Waals surface area contributed by atoms with Crippen molar-refractivity contribution in [1.82, 2.24) is 0 Å². The summed E-state index contributed by atoms with van der Waals surface area (Å²) in [6, 6.07) is 0. The number of hydrogen-bond acceptors (Lipinski definition) is 0. The lowest BCUT2D eigenvalue weighted by Crippen LogP contribution is -1.33. The van der Waals surface area contributed by atoms with Gasteiger partial charge in [-0.1, -0.05) is 15.3 Å². The molecule has 0 fully saturated rings. The minimum atomic E-state index is 0.274. The highest BCUT2D eigenvalue weighted by molar-refractivity contribution is 8.89. The van der Waals surface area contributed by atoms with E-state index in [0.717, 1.165) is 7.96 Å². The highest BCUT2D eigenvalue weighted by Gasteiger charge is 2.00. The second kappa shape index (κ2) is 5.37. The van der Waals surface area contributed by atoms with Gasteiger partial charge in [0.25, 0.3) is 0 Å². The summed E-state index contributed by atoms with van der Waals surface area (Å²) in [6.45, 7) is 2.60.